The molecule has 0 radical (unpaired) electrons. The van der Waals surface area contributed by atoms with Gasteiger partial charge in [0, 0.05) is 19.0 Å². The number of piperidine rings is 1. The summed E-state index contributed by atoms with van der Waals surface area (Å²) in [5.41, 5.74) is 5.06. The second-order valence-electron chi connectivity index (χ2n) is 4.47. The molecule has 20 heavy (non-hydrogen) atoms. The quantitative estimate of drug-likeness (QED) is 0.710. The van der Waals surface area contributed by atoms with Crippen molar-refractivity contribution in [2.24, 2.45) is 0 Å². The van der Waals surface area contributed by atoms with Gasteiger partial charge in [0.25, 0.3) is 0 Å². The van der Waals surface area contributed by atoms with Crippen molar-refractivity contribution in [3.63, 3.8) is 0 Å². The molecule has 0 saturated carbocycles. The number of amides is 1. The molecule has 1 unspecified atom stereocenters. The van der Waals surface area contributed by atoms with Crippen LogP contribution in [0.4, 0.5) is 10.1 Å². The van der Waals surface area contributed by atoms with E-state index in [9.17, 15) is 17.6 Å². The highest BCUT2D eigenvalue weighted by molar-refractivity contribution is 7.89. The summed E-state index contributed by atoms with van der Waals surface area (Å²) in [5, 5.41) is 2.31. The molecule has 6 nitrogen and oxygen atoms in total. The lowest BCUT2D eigenvalue weighted by molar-refractivity contribution is -0.122. The van der Waals surface area contributed by atoms with E-state index in [2.05, 4.69) is 10.0 Å². The zero-order valence-corrected chi connectivity index (χ0v) is 11.9. The number of nitrogens with one attached hydrogen (secondary N) is 2. The standard InChI is InChI=1S/C11H13ClFN3O3S/c12-7-3-8(13)9(14)4-10(7)20(18,19)16-6-1-2-11(17)15-5-6/h3-4,6,16H,1-2,5,14H2,(H,15,17). The number of sulfonamides is 1. The Kier molecular flexibility index (Phi) is 4.17. The third-order valence-electron chi connectivity index (χ3n) is 2.93. The molecule has 0 aliphatic carbocycles. The van der Waals surface area contributed by atoms with Crippen LogP contribution in [-0.4, -0.2) is 26.9 Å². The smallest absolute Gasteiger partial charge is 0.242 e. The molecule has 1 aromatic carbocycles. The highest BCUT2D eigenvalue weighted by Gasteiger charge is 2.26. The summed E-state index contributed by atoms with van der Waals surface area (Å²) in [6.45, 7) is 0.201. The van der Waals surface area contributed by atoms with Gasteiger partial charge in [0.15, 0.2) is 0 Å². The molecule has 4 N–H and O–H groups in total. The maximum absolute atomic E-state index is 13.2. The van der Waals surface area contributed by atoms with Crippen LogP contribution in [0.15, 0.2) is 17.0 Å². The number of hydrogen-bond donors (Lipinski definition) is 3. The van der Waals surface area contributed by atoms with E-state index in [1.807, 2.05) is 0 Å². The zero-order valence-electron chi connectivity index (χ0n) is 10.3. The van der Waals surface area contributed by atoms with E-state index < -0.39 is 21.9 Å². The van der Waals surface area contributed by atoms with Gasteiger partial charge in [0.1, 0.15) is 10.7 Å². The summed E-state index contributed by atoms with van der Waals surface area (Å²) < 4.78 is 40.0. The van der Waals surface area contributed by atoms with Gasteiger partial charge in [0.05, 0.1) is 10.7 Å². The normalized spacial score (nSPS) is 19.7. The maximum atomic E-state index is 13.2. The third-order valence-corrected chi connectivity index (χ3v) is 4.91. The van der Waals surface area contributed by atoms with Crippen LogP contribution in [0.25, 0.3) is 0 Å². The van der Waals surface area contributed by atoms with Crippen LogP contribution < -0.4 is 15.8 Å². The molecule has 9 heteroatoms. The monoisotopic (exact) mass is 321 g/mol. The number of nitrogens with two attached hydrogens (primary N) is 1. The number of benzene rings is 1. The Morgan fingerprint density at radius 3 is 2.75 bits per heavy atom. The Morgan fingerprint density at radius 1 is 1.45 bits per heavy atom. The van der Waals surface area contributed by atoms with Gasteiger partial charge in [-0.2, -0.15) is 0 Å². The molecule has 1 atom stereocenters. The van der Waals surface area contributed by atoms with Crippen molar-refractivity contribution in [3.05, 3.63) is 23.0 Å². The molecule has 1 aromatic rings. The third kappa shape index (κ3) is 3.20. The van der Waals surface area contributed by atoms with Crippen LogP contribution in [0.2, 0.25) is 5.02 Å². The average molecular weight is 322 g/mol. The number of nitrogen functional groups attached to an aromatic ring is 1. The summed E-state index contributed by atoms with van der Waals surface area (Å²) in [5.74, 6) is -0.900. The summed E-state index contributed by atoms with van der Waals surface area (Å²) in [6.07, 6.45) is 0.631. The highest BCUT2D eigenvalue weighted by atomic mass is 35.5. The fraction of sp³-hybridized carbons (Fsp3) is 0.364. The molecule has 0 aromatic heterocycles. The molecule has 1 aliphatic rings. The first kappa shape index (κ1) is 15.0. The number of hydrogen-bond acceptors (Lipinski definition) is 4. The summed E-state index contributed by atoms with van der Waals surface area (Å²) in [6, 6.07) is 1.40. The van der Waals surface area contributed by atoms with Gasteiger partial charge < -0.3 is 11.1 Å². The van der Waals surface area contributed by atoms with Crippen LogP contribution in [0.5, 0.6) is 0 Å². The van der Waals surface area contributed by atoms with Gasteiger partial charge in [-0.25, -0.2) is 17.5 Å². The molecular weight excluding hydrogens is 309 g/mol. The van der Waals surface area contributed by atoms with Gasteiger partial charge in [-0.05, 0) is 18.6 Å². The number of carbonyl (C=O) groups excluding carboxylic acids is 1. The van der Waals surface area contributed by atoms with Gasteiger partial charge in [0.2, 0.25) is 15.9 Å². The first-order chi connectivity index (χ1) is 9.29. The van der Waals surface area contributed by atoms with Crippen LogP contribution in [-0.2, 0) is 14.8 Å². The van der Waals surface area contributed by atoms with Gasteiger partial charge in [-0.1, -0.05) is 11.6 Å². The Morgan fingerprint density at radius 2 is 2.15 bits per heavy atom. The molecule has 110 valence electrons. The predicted octanol–water partition coefficient (Wildman–Crippen LogP) is 0.618. The largest absolute Gasteiger partial charge is 0.396 e. The van der Waals surface area contributed by atoms with Crippen molar-refractivity contribution in [3.8, 4) is 0 Å². The van der Waals surface area contributed by atoms with Gasteiger partial charge >= 0.3 is 0 Å². The van der Waals surface area contributed by atoms with Crippen molar-refractivity contribution in [2.45, 2.75) is 23.8 Å². The molecule has 2 rings (SSSR count). The van der Waals surface area contributed by atoms with Gasteiger partial charge in [-0.3, -0.25) is 4.79 Å². The van der Waals surface area contributed by atoms with Crippen LogP contribution >= 0.6 is 11.6 Å². The fourth-order valence-corrected chi connectivity index (χ4v) is 3.69. The Balaban J connectivity index is 2.22. The minimum absolute atomic E-state index is 0.121. The lowest BCUT2D eigenvalue weighted by Gasteiger charge is -2.23. The molecular formula is C11H13ClFN3O3S. The van der Waals surface area contributed by atoms with E-state index in [-0.39, 0.29) is 34.5 Å². The second kappa shape index (κ2) is 5.55. The van der Waals surface area contributed by atoms with Crippen molar-refractivity contribution < 1.29 is 17.6 Å². The van der Waals surface area contributed by atoms with E-state index in [1.54, 1.807) is 0 Å². The second-order valence-corrected chi connectivity index (χ2v) is 6.55. The molecule has 1 heterocycles. The maximum Gasteiger partial charge on any atom is 0.242 e. The van der Waals surface area contributed by atoms with Crippen molar-refractivity contribution in [1.82, 2.24) is 10.0 Å². The van der Waals surface area contributed by atoms with E-state index in [4.69, 9.17) is 17.3 Å². The average Bonchev–Trinajstić information content (AvgIpc) is 2.36. The minimum Gasteiger partial charge on any atom is -0.396 e. The first-order valence-electron chi connectivity index (χ1n) is 5.83. The van der Waals surface area contributed by atoms with E-state index in [0.29, 0.717) is 6.42 Å². The predicted molar refractivity (Wildman–Crippen MR) is 72.2 cm³/mol. The molecule has 1 fully saturated rings. The Labute approximate surface area is 120 Å². The minimum atomic E-state index is -3.93. The van der Waals surface area contributed by atoms with E-state index in [0.717, 1.165) is 12.1 Å². The Bertz CT molecular complexity index is 641. The number of halogens is 2. The van der Waals surface area contributed by atoms with Crippen molar-refractivity contribution in [2.75, 3.05) is 12.3 Å². The molecule has 1 amide bonds. The lowest BCUT2D eigenvalue weighted by Crippen LogP contribution is -2.47. The topological polar surface area (TPSA) is 101 Å². The summed E-state index contributed by atoms with van der Waals surface area (Å²) >= 11 is 5.74. The molecule has 0 spiro atoms. The van der Waals surface area contributed by atoms with Crippen molar-refractivity contribution >= 4 is 33.2 Å². The number of anilines is 1. The lowest BCUT2D eigenvalue weighted by atomic mass is 10.1. The molecule has 0 bridgehead atoms. The van der Waals surface area contributed by atoms with E-state index in [1.165, 1.54) is 0 Å². The molecule has 1 saturated heterocycles. The van der Waals surface area contributed by atoms with E-state index >= 15 is 0 Å². The van der Waals surface area contributed by atoms with Crippen LogP contribution in [0, 0.1) is 5.82 Å². The van der Waals surface area contributed by atoms with Crippen LogP contribution in [0.1, 0.15) is 12.8 Å². The first-order valence-corrected chi connectivity index (χ1v) is 7.69. The van der Waals surface area contributed by atoms with Gasteiger partial charge in [-0.15, -0.1) is 0 Å². The summed E-state index contributed by atoms with van der Waals surface area (Å²) in [4.78, 5) is 10.7. The van der Waals surface area contributed by atoms with Crippen molar-refractivity contribution in [1.29, 1.82) is 0 Å². The number of rotatable bonds is 3. The highest BCUT2D eigenvalue weighted by Crippen LogP contribution is 2.26. The Hall–Kier alpha value is -1.38. The SMILES string of the molecule is Nc1cc(S(=O)(=O)NC2CCC(=O)NC2)c(Cl)cc1F. The summed E-state index contributed by atoms with van der Waals surface area (Å²) in [7, 11) is -3.93. The molecule has 1 aliphatic heterocycles. The zero-order chi connectivity index (χ0) is 14.9. The fourth-order valence-electron chi connectivity index (χ4n) is 1.87. The number of carbonyl (C=O) groups is 1. The van der Waals surface area contributed by atoms with Crippen LogP contribution in [0.3, 0.4) is 0 Å².